The molecule has 8 heteroatoms. The molecule has 1 aliphatic rings. The van der Waals surface area contributed by atoms with Gasteiger partial charge in [0.25, 0.3) is 5.91 Å². The van der Waals surface area contributed by atoms with Gasteiger partial charge in [0.1, 0.15) is 11.6 Å². The van der Waals surface area contributed by atoms with E-state index in [1.807, 2.05) is 27.7 Å². The minimum absolute atomic E-state index is 0.242. The summed E-state index contributed by atoms with van der Waals surface area (Å²) < 4.78 is 45.1. The number of rotatable bonds is 5. The second kappa shape index (κ2) is 7.86. The Balaban J connectivity index is 1.76. The first-order valence-corrected chi connectivity index (χ1v) is 9.28. The van der Waals surface area contributed by atoms with Gasteiger partial charge in [0.2, 0.25) is 0 Å². The highest BCUT2D eigenvalue weighted by Gasteiger charge is 2.52. The number of carbonyl (C=O) groups excluding carboxylic acids is 1. The van der Waals surface area contributed by atoms with Crippen LogP contribution in [0.3, 0.4) is 0 Å². The Labute approximate surface area is 169 Å². The Morgan fingerprint density at radius 2 is 1.72 bits per heavy atom. The van der Waals surface area contributed by atoms with Gasteiger partial charge >= 0.3 is 7.12 Å². The number of nitrogens with one attached hydrogen (secondary N) is 1. The fourth-order valence-corrected chi connectivity index (χ4v) is 3.04. The molecule has 1 atom stereocenters. The topological polar surface area (TPSA) is 56.8 Å². The third kappa shape index (κ3) is 4.34. The minimum Gasteiger partial charge on any atom is -0.399 e. The van der Waals surface area contributed by atoms with E-state index in [-0.39, 0.29) is 11.2 Å². The molecule has 0 aliphatic carbocycles. The highest BCUT2D eigenvalue weighted by Crippen LogP contribution is 2.36. The number of hydrogen-bond donors (Lipinski definition) is 1. The van der Waals surface area contributed by atoms with Crippen LogP contribution in [0.4, 0.5) is 14.5 Å². The maximum atomic E-state index is 14.7. The van der Waals surface area contributed by atoms with E-state index in [4.69, 9.17) is 14.0 Å². The molecule has 0 aromatic heterocycles. The molecule has 1 aliphatic heterocycles. The molecule has 154 valence electrons. The molecule has 1 fully saturated rings. The number of anilines is 1. The highest BCUT2D eigenvalue weighted by molar-refractivity contribution is 6.62. The molecular weight excluding hydrogens is 379 g/mol. The van der Waals surface area contributed by atoms with Crippen molar-refractivity contribution in [2.75, 3.05) is 12.4 Å². The standard InChI is InChI=1S/C21H24BF2NO4/c1-20(2)21(3,4)29-22(28-20)16-10-9-15(12-17(16)24)25-19(26)18(27-5)13-7-6-8-14(23)11-13/h6-12,18H,1-5H3,(H,25,26). The van der Waals surface area contributed by atoms with Crippen LogP contribution in [0.1, 0.15) is 39.4 Å². The second-order valence-corrected chi connectivity index (χ2v) is 7.98. The summed E-state index contributed by atoms with van der Waals surface area (Å²) in [5.41, 5.74) is -0.332. The summed E-state index contributed by atoms with van der Waals surface area (Å²) in [5.74, 6) is -1.59. The number of benzene rings is 2. The van der Waals surface area contributed by atoms with Crippen LogP contribution < -0.4 is 10.8 Å². The van der Waals surface area contributed by atoms with Gasteiger partial charge in [-0.25, -0.2) is 8.78 Å². The van der Waals surface area contributed by atoms with Crippen LogP contribution in [0.5, 0.6) is 0 Å². The lowest BCUT2D eigenvalue weighted by Crippen LogP contribution is -2.41. The molecule has 0 radical (unpaired) electrons. The lowest BCUT2D eigenvalue weighted by atomic mass is 9.78. The summed E-state index contributed by atoms with van der Waals surface area (Å²) in [5, 5.41) is 2.59. The van der Waals surface area contributed by atoms with Gasteiger partial charge in [-0.1, -0.05) is 18.2 Å². The van der Waals surface area contributed by atoms with E-state index in [1.165, 1.54) is 37.4 Å². The summed E-state index contributed by atoms with van der Waals surface area (Å²) in [6.45, 7) is 7.54. The molecule has 1 heterocycles. The third-order valence-corrected chi connectivity index (χ3v) is 5.40. The molecule has 0 bridgehead atoms. The summed E-state index contributed by atoms with van der Waals surface area (Å²) in [7, 11) is 0.501. The third-order valence-electron chi connectivity index (χ3n) is 5.40. The number of methoxy groups -OCH3 is 1. The largest absolute Gasteiger partial charge is 0.497 e. The van der Waals surface area contributed by atoms with Crippen molar-refractivity contribution in [2.45, 2.75) is 45.0 Å². The Hall–Kier alpha value is -2.29. The van der Waals surface area contributed by atoms with Crippen molar-refractivity contribution in [2.24, 2.45) is 0 Å². The van der Waals surface area contributed by atoms with Crippen LogP contribution in [-0.4, -0.2) is 31.3 Å². The first-order valence-electron chi connectivity index (χ1n) is 9.28. The zero-order chi connectivity index (χ0) is 21.4. The monoisotopic (exact) mass is 403 g/mol. The van der Waals surface area contributed by atoms with Crippen molar-refractivity contribution in [3.05, 3.63) is 59.7 Å². The van der Waals surface area contributed by atoms with E-state index in [0.717, 1.165) is 0 Å². The molecule has 2 aromatic rings. The molecule has 1 amide bonds. The SMILES string of the molecule is COC(C(=O)Nc1ccc(B2OC(C)(C)C(C)(C)O2)c(F)c1)c1cccc(F)c1. The summed E-state index contributed by atoms with van der Waals surface area (Å²) >= 11 is 0. The summed E-state index contributed by atoms with van der Waals surface area (Å²) in [6.07, 6.45) is -1.03. The maximum Gasteiger partial charge on any atom is 0.497 e. The average molecular weight is 403 g/mol. The molecule has 0 saturated carbocycles. The normalized spacial score (nSPS) is 18.5. The maximum absolute atomic E-state index is 14.7. The van der Waals surface area contributed by atoms with E-state index in [9.17, 15) is 13.6 Å². The molecule has 1 unspecified atom stereocenters. The van der Waals surface area contributed by atoms with Crippen molar-refractivity contribution < 1.29 is 27.6 Å². The van der Waals surface area contributed by atoms with Crippen LogP contribution >= 0.6 is 0 Å². The first kappa shape index (κ1) is 21.4. The molecule has 1 saturated heterocycles. The molecule has 1 N–H and O–H groups in total. The van der Waals surface area contributed by atoms with Gasteiger partial charge in [0, 0.05) is 18.3 Å². The quantitative estimate of drug-likeness (QED) is 0.776. The Bertz CT molecular complexity index is 903. The lowest BCUT2D eigenvalue weighted by Gasteiger charge is -2.32. The second-order valence-electron chi connectivity index (χ2n) is 7.98. The van der Waals surface area contributed by atoms with Crippen molar-refractivity contribution in [1.29, 1.82) is 0 Å². The fraction of sp³-hybridized carbons (Fsp3) is 0.381. The number of amides is 1. The van der Waals surface area contributed by atoms with Gasteiger partial charge in [-0.05, 0) is 57.5 Å². The molecule has 0 spiro atoms. The Kier molecular flexibility index (Phi) is 5.80. The molecular formula is C21H24BF2NO4. The first-order chi connectivity index (χ1) is 13.5. The van der Waals surface area contributed by atoms with Crippen LogP contribution in [0, 0.1) is 11.6 Å². The van der Waals surface area contributed by atoms with E-state index < -0.39 is 42.0 Å². The fourth-order valence-electron chi connectivity index (χ4n) is 3.04. The predicted molar refractivity (Wildman–Crippen MR) is 107 cm³/mol. The van der Waals surface area contributed by atoms with Gasteiger partial charge < -0.3 is 19.4 Å². The zero-order valence-corrected chi connectivity index (χ0v) is 17.1. The Morgan fingerprint density at radius 1 is 1.07 bits per heavy atom. The van der Waals surface area contributed by atoms with E-state index in [0.29, 0.717) is 5.56 Å². The average Bonchev–Trinajstić information content (AvgIpc) is 2.83. The summed E-state index contributed by atoms with van der Waals surface area (Å²) in [4.78, 5) is 12.5. The van der Waals surface area contributed by atoms with Crippen LogP contribution in [0.15, 0.2) is 42.5 Å². The molecule has 29 heavy (non-hydrogen) atoms. The van der Waals surface area contributed by atoms with Gasteiger partial charge in [0.15, 0.2) is 6.10 Å². The number of ether oxygens (including phenoxy) is 1. The van der Waals surface area contributed by atoms with Crippen LogP contribution in [0.25, 0.3) is 0 Å². The van der Waals surface area contributed by atoms with Crippen LogP contribution in [0.2, 0.25) is 0 Å². The van der Waals surface area contributed by atoms with Gasteiger partial charge in [-0.3, -0.25) is 4.79 Å². The smallest absolute Gasteiger partial charge is 0.399 e. The molecule has 3 rings (SSSR count). The number of hydrogen-bond acceptors (Lipinski definition) is 4. The molecule has 5 nitrogen and oxygen atoms in total. The van der Waals surface area contributed by atoms with Crippen molar-refractivity contribution in [1.82, 2.24) is 0 Å². The van der Waals surface area contributed by atoms with Gasteiger partial charge in [-0.15, -0.1) is 0 Å². The van der Waals surface area contributed by atoms with Crippen molar-refractivity contribution in [3.63, 3.8) is 0 Å². The van der Waals surface area contributed by atoms with Gasteiger partial charge in [0.05, 0.1) is 11.2 Å². The predicted octanol–water partition coefficient (Wildman–Crippen LogP) is 3.59. The number of carbonyl (C=O) groups is 1. The van der Waals surface area contributed by atoms with Gasteiger partial charge in [-0.2, -0.15) is 0 Å². The molecule has 2 aromatic carbocycles. The highest BCUT2D eigenvalue weighted by atomic mass is 19.1. The van der Waals surface area contributed by atoms with Crippen molar-refractivity contribution >= 4 is 24.2 Å². The lowest BCUT2D eigenvalue weighted by molar-refractivity contribution is -0.126. The number of halogens is 2. The van der Waals surface area contributed by atoms with E-state index in [1.54, 1.807) is 12.1 Å². The minimum atomic E-state index is -1.03. The summed E-state index contributed by atoms with van der Waals surface area (Å²) in [6, 6.07) is 9.82. The Morgan fingerprint density at radius 3 is 2.28 bits per heavy atom. The van der Waals surface area contributed by atoms with E-state index in [2.05, 4.69) is 5.32 Å². The van der Waals surface area contributed by atoms with Crippen molar-refractivity contribution in [3.8, 4) is 0 Å². The van der Waals surface area contributed by atoms with Crippen LogP contribution in [-0.2, 0) is 18.8 Å². The van der Waals surface area contributed by atoms with E-state index >= 15 is 0 Å². The zero-order valence-electron chi connectivity index (χ0n) is 17.1.